The summed E-state index contributed by atoms with van der Waals surface area (Å²) in [5.41, 5.74) is -1.98. The molecule has 0 heterocycles. The zero-order valence-corrected chi connectivity index (χ0v) is 19.1. The van der Waals surface area contributed by atoms with Crippen LogP contribution >= 0.6 is 0 Å². The van der Waals surface area contributed by atoms with Crippen LogP contribution in [0.5, 0.6) is 0 Å². The molecule has 0 radical (unpaired) electrons. The second-order valence-corrected chi connectivity index (χ2v) is 9.30. The first-order valence-corrected chi connectivity index (χ1v) is 10.9. The summed E-state index contributed by atoms with van der Waals surface area (Å²) in [7, 11) is 0. The Morgan fingerprint density at radius 2 is 1.54 bits per heavy atom. The van der Waals surface area contributed by atoms with Gasteiger partial charge in [-0.1, -0.05) is 36.4 Å². The number of carboxylic acid groups (broad SMARTS) is 1. The highest BCUT2D eigenvalue weighted by atomic mass is 19.4. The topological polar surface area (TPSA) is 102 Å². The SMILES string of the molecule is CC(C)(F)C[C@H](N[C@@H](c1ccc(-c2ccc(C(=O)O)cc2)cc1)C(F)(F)F)C(=O)NC1(C#N)CC1. The summed E-state index contributed by atoms with van der Waals surface area (Å²) < 4.78 is 56.5. The van der Waals surface area contributed by atoms with Gasteiger partial charge in [0.1, 0.15) is 17.2 Å². The molecular formula is C25H25F4N3O3. The molecule has 0 aromatic heterocycles. The van der Waals surface area contributed by atoms with Gasteiger partial charge in [0.25, 0.3) is 0 Å². The summed E-state index contributed by atoms with van der Waals surface area (Å²) in [6.07, 6.45) is -4.55. The van der Waals surface area contributed by atoms with Gasteiger partial charge in [-0.3, -0.25) is 10.1 Å². The number of rotatable bonds is 9. The fraction of sp³-hybridized carbons (Fsp3) is 0.400. The lowest BCUT2D eigenvalue weighted by Gasteiger charge is -2.30. The normalized spacial score (nSPS) is 16.6. The lowest BCUT2D eigenvalue weighted by molar-refractivity contribution is -0.161. The van der Waals surface area contributed by atoms with E-state index in [0.29, 0.717) is 24.0 Å². The number of amides is 1. The number of halogens is 4. The highest BCUT2D eigenvalue weighted by molar-refractivity contribution is 5.88. The van der Waals surface area contributed by atoms with E-state index in [2.05, 4.69) is 10.6 Å². The summed E-state index contributed by atoms with van der Waals surface area (Å²) in [6, 6.07) is 9.42. The van der Waals surface area contributed by atoms with Gasteiger partial charge < -0.3 is 10.4 Å². The minimum atomic E-state index is -4.80. The van der Waals surface area contributed by atoms with Crippen molar-refractivity contribution in [3.05, 3.63) is 59.7 Å². The van der Waals surface area contributed by atoms with Crippen molar-refractivity contribution in [2.45, 2.75) is 62.6 Å². The fourth-order valence-electron chi connectivity index (χ4n) is 3.68. The molecule has 3 N–H and O–H groups in total. The Bertz CT molecular complexity index is 1110. The number of alkyl halides is 4. The van der Waals surface area contributed by atoms with Gasteiger partial charge in [0.05, 0.1) is 17.7 Å². The minimum absolute atomic E-state index is 0.0798. The quantitative estimate of drug-likeness (QED) is 0.432. The van der Waals surface area contributed by atoms with Crippen LogP contribution in [0.3, 0.4) is 0 Å². The van der Waals surface area contributed by atoms with Gasteiger partial charge in [-0.15, -0.1) is 0 Å². The summed E-state index contributed by atoms with van der Waals surface area (Å²) in [5.74, 6) is -1.96. The average molecular weight is 491 g/mol. The van der Waals surface area contributed by atoms with Crippen molar-refractivity contribution in [2.75, 3.05) is 0 Å². The summed E-state index contributed by atoms with van der Waals surface area (Å²) in [6.45, 7) is 2.33. The van der Waals surface area contributed by atoms with Crippen LogP contribution in [0, 0.1) is 11.3 Å². The molecule has 0 spiro atoms. The van der Waals surface area contributed by atoms with E-state index in [-0.39, 0.29) is 11.1 Å². The molecule has 0 aliphatic heterocycles. The molecule has 0 saturated heterocycles. The molecule has 0 bridgehead atoms. The molecule has 6 nitrogen and oxygen atoms in total. The van der Waals surface area contributed by atoms with Gasteiger partial charge in [0.2, 0.25) is 5.91 Å². The number of hydrogen-bond donors (Lipinski definition) is 3. The average Bonchev–Trinajstić information content (AvgIpc) is 3.55. The van der Waals surface area contributed by atoms with Crippen molar-refractivity contribution in [3.63, 3.8) is 0 Å². The van der Waals surface area contributed by atoms with E-state index in [1.807, 2.05) is 6.07 Å². The molecule has 1 amide bonds. The second kappa shape index (κ2) is 9.66. The number of hydrogen-bond acceptors (Lipinski definition) is 4. The lowest BCUT2D eigenvalue weighted by atomic mass is 9.96. The third kappa shape index (κ3) is 6.79. The van der Waals surface area contributed by atoms with E-state index in [0.717, 1.165) is 0 Å². The maximum absolute atomic E-state index is 14.4. The highest BCUT2D eigenvalue weighted by Crippen LogP contribution is 2.37. The number of nitrogens with one attached hydrogen (secondary N) is 2. The summed E-state index contributed by atoms with van der Waals surface area (Å²) in [5, 5.41) is 22.9. The van der Waals surface area contributed by atoms with E-state index < -0.39 is 47.8 Å². The highest BCUT2D eigenvalue weighted by Gasteiger charge is 2.48. The van der Waals surface area contributed by atoms with Crippen molar-refractivity contribution < 1.29 is 32.3 Å². The van der Waals surface area contributed by atoms with Gasteiger partial charge in [0.15, 0.2) is 0 Å². The Morgan fingerprint density at radius 1 is 1.03 bits per heavy atom. The molecule has 2 atom stereocenters. The van der Waals surface area contributed by atoms with E-state index in [1.54, 1.807) is 12.1 Å². The van der Waals surface area contributed by atoms with E-state index in [9.17, 15) is 32.4 Å². The molecule has 1 aliphatic rings. The van der Waals surface area contributed by atoms with Crippen molar-refractivity contribution in [3.8, 4) is 17.2 Å². The molecule has 186 valence electrons. The number of carbonyl (C=O) groups excluding carboxylic acids is 1. The predicted molar refractivity (Wildman–Crippen MR) is 120 cm³/mol. The van der Waals surface area contributed by atoms with Gasteiger partial charge >= 0.3 is 12.1 Å². The molecule has 35 heavy (non-hydrogen) atoms. The summed E-state index contributed by atoms with van der Waals surface area (Å²) in [4.78, 5) is 23.7. The van der Waals surface area contributed by atoms with Crippen molar-refractivity contribution in [2.24, 2.45) is 0 Å². The van der Waals surface area contributed by atoms with Crippen LogP contribution in [0.25, 0.3) is 11.1 Å². The number of carbonyl (C=O) groups is 2. The second-order valence-electron chi connectivity index (χ2n) is 9.30. The number of benzene rings is 2. The van der Waals surface area contributed by atoms with Crippen LogP contribution < -0.4 is 10.6 Å². The first-order valence-electron chi connectivity index (χ1n) is 10.9. The van der Waals surface area contributed by atoms with Crippen LogP contribution in [0.1, 0.15) is 55.1 Å². The molecule has 0 unspecified atom stereocenters. The van der Waals surface area contributed by atoms with Crippen LogP contribution in [0.2, 0.25) is 0 Å². The Morgan fingerprint density at radius 3 is 1.94 bits per heavy atom. The Hall–Kier alpha value is -3.45. The maximum Gasteiger partial charge on any atom is 0.407 e. The van der Waals surface area contributed by atoms with E-state index in [1.165, 1.54) is 50.2 Å². The standard InChI is InChI=1S/C25H25F4N3O3/c1-23(2,26)13-19(21(33)32-24(14-30)11-12-24)31-20(25(27,28)29)17-7-3-15(4-8-17)16-5-9-18(10-6-16)22(34)35/h3-10,19-20,31H,11-13H2,1-2H3,(H,32,33)(H,34,35)/t19-,20-/m0/s1. The lowest BCUT2D eigenvalue weighted by Crippen LogP contribution is -2.53. The smallest absolute Gasteiger partial charge is 0.407 e. The Balaban J connectivity index is 1.85. The van der Waals surface area contributed by atoms with Crippen LogP contribution in [0.4, 0.5) is 17.6 Å². The molecule has 3 rings (SSSR count). The third-order valence-electron chi connectivity index (χ3n) is 5.74. The van der Waals surface area contributed by atoms with Crippen LogP contribution in [0.15, 0.2) is 48.5 Å². The first-order chi connectivity index (χ1) is 16.2. The Kier molecular flexibility index (Phi) is 7.22. The van der Waals surface area contributed by atoms with Crippen molar-refractivity contribution in [1.29, 1.82) is 5.26 Å². The predicted octanol–water partition coefficient (Wildman–Crippen LogP) is 4.92. The van der Waals surface area contributed by atoms with E-state index >= 15 is 0 Å². The number of nitrogens with zero attached hydrogens (tertiary/aromatic N) is 1. The molecule has 2 aromatic carbocycles. The fourth-order valence-corrected chi connectivity index (χ4v) is 3.68. The van der Waals surface area contributed by atoms with Gasteiger partial charge in [0, 0.05) is 6.42 Å². The number of aromatic carboxylic acids is 1. The molecule has 1 fully saturated rings. The van der Waals surface area contributed by atoms with Crippen LogP contribution in [-0.4, -0.2) is 40.4 Å². The number of nitriles is 1. The largest absolute Gasteiger partial charge is 0.478 e. The first kappa shape index (κ1) is 26.2. The molecule has 1 saturated carbocycles. The van der Waals surface area contributed by atoms with Crippen LogP contribution in [-0.2, 0) is 4.79 Å². The zero-order chi connectivity index (χ0) is 26.0. The van der Waals surface area contributed by atoms with Gasteiger partial charge in [-0.2, -0.15) is 18.4 Å². The summed E-state index contributed by atoms with van der Waals surface area (Å²) >= 11 is 0. The molecule has 10 heteroatoms. The Labute approximate surface area is 199 Å². The van der Waals surface area contributed by atoms with Crippen molar-refractivity contribution in [1.82, 2.24) is 10.6 Å². The molecular weight excluding hydrogens is 466 g/mol. The zero-order valence-electron chi connectivity index (χ0n) is 19.1. The monoisotopic (exact) mass is 491 g/mol. The molecule has 2 aromatic rings. The molecule has 1 aliphatic carbocycles. The minimum Gasteiger partial charge on any atom is -0.478 e. The van der Waals surface area contributed by atoms with Gasteiger partial charge in [-0.25, -0.2) is 9.18 Å². The maximum atomic E-state index is 14.4. The van der Waals surface area contributed by atoms with Crippen molar-refractivity contribution >= 4 is 11.9 Å². The van der Waals surface area contributed by atoms with Gasteiger partial charge in [-0.05, 0) is 55.5 Å². The van der Waals surface area contributed by atoms with E-state index in [4.69, 9.17) is 5.11 Å². The third-order valence-corrected chi connectivity index (χ3v) is 5.74. The number of carboxylic acids is 1.